The monoisotopic (exact) mass is 186 g/mol. The van der Waals surface area contributed by atoms with Gasteiger partial charge in [0, 0.05) is 13.7 Å². The molecule has 0 saturated carbocycles. The molecule has 1 heterocycles. The standard InChI is InChI=1S/C10H22N2O/c1-12-7-3-4-9(8-12)10(13-2)5-6-11/h9-10H,3-8,11H2,1-2H3. The molecule has 3 nitrogen and oxygen atoms in total. The molecule has 0 radical (unpaired) electrons. The molecule has 0 aliphatic carbocycles. The first-order valence-electron chi connectivity index (χ1n) is 5.19. The van der Waals surface area contributed by atoms with Gasteiger partial charge in [0.15, 0.2) is 0 Å². The van der Waals surface area contributed by atoms with Crippen molar-refractivity contribution in [2.45, 2.75) is 25.4 Å². The highest BCUT2D eigenvalue weighted by molar-refractivity contribution is 4.77. The van der Waals surface area contributed by atoms with Gasteiger partial charge >= 0.3 is 0 Å². The van der Waals surface area contributed by atoms with Crippen molar-refractivity contribution >= 4 is 0 Å². The van der Waals surface area contributed by atoms with E-state index in [0.29, 0.717) is 12.0 Å². The van der Waals surface area contributed by atoms with E-state index in [0.717, 1.165) is 13.0 Å². The van der Waals surface area contributed by atoms with Crippen LogP contribution in [0.1, 0.15) is 19.3 Å². The second kappa shape index (κ2) is 5.58. The Morgan fingerprint density at radius 2 is 2.38 bits per heavy atom. The summed E-state index contributed by atoms with van der Waals surface area (Å²) in [6, 6.07) is 0. The first-order valence-corrected chi connectivity index (χ1v) is 5.19. The highest BCUT2D eigenvalue weighted by atomic mass is 16.5. The van der Waals surface area contributed by atoms with E-state index in [9.17, 15) is 0 Å². The van der Waals surface area contributed by atoms with Crippen LogP contribution in [0.15, 0.2) is 0 Å². The number of rotatable bonds is 4. The van der Waals surface area contributed by atoms with Crippen molar-refractivity contribution < 1.29 is 4.74 Å². The summed E-state index contributed by atoms with van der Waals surface area (Å²) in [5, 5.41) is 0. The Kier molecular flexibility index (Phi) is 4.70. The summed E-state index contributed by atoms with van der Waals surface area (Å²) in [5.41, 5.74) is 5.55. The maximum atomic E-state index is 5.55. The number of nitrogens with two attached hydrogens (primary N) is 1. The highest BCUT2D eigenvalue weighted by Gasteiger charge is 2.24. The topological polar surface area (TPSA) is 38.5 Å². The fourth-order valence-corrected chi connectivity index (χ4v) is 2.22. The average molecular weight is 186 g/mol. The van der Waals surface area contributed by atoms with Crippen LogP contribution in [0.4, 0.5) is 0 Å². The molecule has 1 aliphatic heterocycles. The quantitative estimate of drug-likeness (QED) is 0.702. The molecule has 0 aromatic heterocycles. The van der Waals surface area contributed by atoms with Gasteiger partial charge in [-0.15, -0.1) is 0 Å². The van der Waals surface area contributed by atoms with Crippen molar-refractivity contribution in [2.75, 3.05) is 33.8 Å². The lowest BCUT2D eigenvalue weighted by atomic mass is 9.91. The van der Waals surface area contributed by atoms with Crippen molar-refractivity contribution in [3.63, 3.8) is 0 Å². The predicted molar refractivity (Wildman–Crippen MR) is 54.7 cm³/mol. The molecule has 1 fully saturated rings. The first kappa shape index (κ1) is 11.0. The van der Waals surface area contributed by atoms with Gasteiger partial charge in [0.2, 0.25) is 0 Å². The average Bonchev–Trinajstić information content (AvgIpc) is 2.14. The molecule has 1 aliphatic rings. The van der Waals surface area contributed by atoms with Crippen molar-refractivity contribution in [1.29, 1.82) is 0 Å². The van der Waals surface area contributed by atoms with Crippen LogP contribution in [-0.2, 0) is 4.74 Å². The van der Waals surface area contributed by atoms with Crippen LogP contribution in [0.3, 0.4) is 0 Å². The van der Waals surface area contributed by atoms with E-state index in [-0.39, 0.29) is 0 Å². The normalized spacial score (nSPS) is 27.5. The van der Waals surface area contributed by atoms with Gasteiger partial charge in [0.25, 0.3) is 0 Å². The highest BCUT2D eigenvalue weighted by Crippen LogP contribution is 2.21. The molecule has 0 aromatic carbocycles. The van der Waals surface area contributed by atoms with E-state index < -0.39 is 0 Å². The minimum atomic E-state index is 0.368. The third-order valence-electron chi connectivity index (χ3n) is 2.94. The summed E-state index contributed by atoms with van der Waals surface area (Å²) in [6.07, 6.45) is 3.96. The van der Waals surface area contributed by atoms with E-state index in [1.54, 1.807) is 7.11 Å². The van der Waals surface area contributed by atoms with E-state index in [4.69, 9.17) is 10.5 Å². The Balaban J connectivity index is 2.37. The molecule has 0 bridgehead atoms. The minimum absolute atomic E-state index is 0.368. The van der Waals surface area contributed by atoms with E-state index in [2.05, 4.69) is 11.9 Å². The molecule has 1 rings (SSSR count). The Hall–Kier alpha value is -0.120. The third-order valence-corrected chi connectivity index (χ3v) is 2.94. The molecule has 1 saturated heterocycles. The number of nitrogens with zero attached hydrogens (tertiary/aromatic N) is 1. The molecular weight excluding hydrogens is 164 g/mol. The number of ether oxygens (including phenoxy) is 1. The van der Waals surface area contributed by atoms with Crippen LogP contribution in [-0.4, -0.2) is 44.8 Å². The van der Waals surface area contributed by atoms with Gasteiger partial charge in [-0.2, -0.15) is 0 Å². The largest absolute Gasteiger partial charge is 0.381 e. The zero-order valence-corrected chi connectivity index (χ0v) is 8.83. The second-order valence-corrected chi connectivity index (χ2v) is 4.02. The first-order chi connectivity index (χ1) is 6.27. The molecule has 0 spiro atoms. The molecule has 2 N–H and O–H groups in total. The Labute approximate surface area is 81.2 Å². The van der Waals surface area contributed by atoms with Crippen molar-refractivity contribution in [2.24, 2.45) is 11.7 Å². The molecule has 2 unspecified atom stereocenters. The third kappa shape index (κ3) is 3.25. The molecule has 3 heteroatoms. The summed E-state index contributed by atoms with van der Waals surface area (Å²) in [6.45, 7) is 3.13. The van der Waals surface area contributed by atoms with Gasteiger partial charge in [-0.25, -0.2) is 0 Å². The molecule has 0 amide bonds. The van der Waals surface area contributed by atoms with Gasteiger partial charge in [-0.3, -0.25) is 0 Å². The van der Waals surface area contributed by atoms with Gasteiger partial charge in [0.1, 0.15) is 0 Å². The van der Waals surface area contributed by atoms with E-state index in [1.807, 2.05) is 0 Å². The van der Waals surface area contributed by atoms with Gasteiger partial charge in [-0.1, -0.05) is 0 Å². The summed E-state index contributed by atoms with van der Waals surface area (Å²) < 4.78 is 5.47. The lowest BCUT2D eigenvalue weighted by Gasteiger charge is -2.34. The summed E-state index contributed by atoms with van der Waals surface area (Å²) in [7, 11) is 3.98. The number of hydrogen-bond acceptors (Lipinski definition) is 3. The van der Waals surface area contributed by atoms with Gasteiger partial charge in [-0.05, 0) is 45.3 Å². The zero-order valence-electron chi connectivity index (χ0n) is 8.83. The van der Waals surface area contributed by atoms with E-state index >= 15 is 0 Å². The number of likely N-dealkylation sites (tertiary alicyclic amines) is 1. The van der Waals surface area contributed by atoms with Crippen LogP contribution in [0.25, 0.3) is 0 Å². The second-order valence-electron chi connectivity index (χ2n) is 4.02. The van der Waals surface area contributed by atoms with Crippen LogP contribution >= 0.6 is 0 Å². The van der Waals surface area contributed by atoms with Crippen LogP contribution in [0, 0.1) is 5.92 Å². The smallest absolute Gasteiger partial charge is 0.0623 e. The maximum absolute atomic E-state index is 5.55. The fraction of sp³-hybridized carbons (Fsp3) is 1.00. The number of methoxy groups -OCH3 is 1. The zero-order chi connectivity index (χ0) is 9.68. The Morgan fingerprint density at radius 3 is 2.92 bits per heavy atom. The van der Waals surface area contributed by atoms with Crippen LogP contribution in [0.2, 0.25) is 0 Å². The van der Waals surface area contributed by atoms with Crippen molar-refractivity contribution in [3.05, 3.63) is 0 Å². The Bertz CT molecular complexity index is 141. The van der Waals surface area contributed by atoms with E-state index in [1.165, 1.54) is 25.9 Å². The van der Waals surface area contributed by atoms with Crippen LogP contribution < -0.4 is 5.73 Å². The predicted octanol–water partition coefficient (Wildman–Crippen LogP) is 0.692. The summed E-state index contributed by atoms with van der Waals surface area (Å²) >= 11 is 0. The lowest BCUT2D eigenvalue weighted by molar-refractivity contribution is 0.0173. The van der Waals surface area contributed by atoms with Crippen molar-refractivity contribution in [3.8, 4) is 0 Å². The molecule has 2 atom stereocenters. The van der Waals surface area contributed by atoms with Crippen molar-refractivity contribution in [1.82, 2.24) is 4.90 Å². The summed E-state index contributed by atoms with van der Waals surface area (Å²) in [5.74, 6) is 0.687. The molecule has 0 aromatic rings. The molecule has 13 heavy (non-hydrogen) atoms. The lowest BCUT2D eigenvalue weighted by Crippen LogP contribution is -2.39. The van der Waals surface area contributed by atoms with Gasteiger partial charge < -0.3 is 15.4 Å². The number of hydrogen-bond donors (Lipinski definition) is 1. The van der Waals surface area contributed by atoms with Gasteiger partial charge in [0.05, 0.1) is 6.10 Å². The maximum Gasteiger partial charge on any atom is 0.0623 e. The minimum Gasteiger partial charge on any atom is -0.381 e. The molecule has 78 valence electrons. The number of piperidine rings is 1. The summed E-state index contributed by atoms with van der Waals surface area (Å²) in [4.78, 5) is 2.39. The van der Waals surface area contributed by atoms with Crippen LogP contribution in [0.5, 0.6) is 0 Å². The molecular formula is C10H22N2O. The Morgan fingerprint density at radius 1 is 1.62 bits per heavy atom. The fourth-order valence-electron chi connectivity index (χ4n) is 2.22. The SMILES string of the molecule is COC(CCN)C1CCCN(C)C1.